The first-order chi connectivity index (χ1) is 9.08. The van der Waals surface area contributed by atoms with Gasteiger partial charge in [0.15, 0.2) is 0 Å². The zero-order valence-electron chi connectivity index (χ0n) is 11.9. The van der Waals surface area contributed by atoms with Crippen LogP contribution in [0.2, 0.25) is 0 Å². The molecule has 0 radical (unpaired) electrons. The van der Waals surface area contributed by atoms with E-state index >= 15 is 0 Å². The maximum Gasteiger partial charge on any atom is 0.0865 e. The molecule has 1 saturated carbocycles. The first-order valence-electron chi connectivity index (χ1n) is 7.08. The summed E-state index contributed by atoms with van der Waals surface area (Å²) in [5, 5.41) is 14.9. The lowest BCUT2D eigenvalue weighted by Gasteiger charge is -2.22. The first-order valence-corrected chi connectivity index (χ1v) is 7.87. The fourth-order valence-electron chi connectivity index (χ4n) is 2.53. The molecule has 1 aromatic heterocycles. The van der Waals surface area contributed by atoms with Crippen LogP contribution in [0.5, 0.6) is 0 Å². The Hall–Kier alpha value is -0.390. The third-order valence-corrected chi connectivity index (χ3v) is 4.65. The number of halogens is 1. The van der Waals surface area contributed by atoms with Crippen molar-refractivity contribution in [1.82, 2.24) is 9.78 Å². The SMILES string of the molecule is CCOC(C(O)Cc1c(Br)c(CC)nn1C)C1CC1. The number of ether oxygens (including phenoxy) is 1. The Kier molecular flexibility index (Phi) is 5.03. The highest BCUT2D eigenvalue weighted by Crippen LogP contribution is 2.37. The van der Waals surface area contributed by atoms with Crippen molar-refractivity contribution in [2.24, 2.45) is 13.0 Å². The molecule has 1 aliphatic rings. The lowest BCUT2D eigenvalue weighted by Crippen LogP contribution is -2.33. The summed E-state index contributed by atoms with van der Waals surface area (Å²) >= 11 is 3.60. The molecule has 2 unspecified atom stereocenters. The topological polar surface area (TPSA) is 47.3 Å². The normalized spacial score (nSPS) is 18.6. The standard InChI is InChI=1S/C14H23BrN2O2/c1-4-10-13(15)11(17(3)16-10)8-12(18)14(19-5-2)9-6-7-9/h9,12,14,18H,4-8H2,1-3H3. The summed E-state index contributed by atoms with van der Waals surface area (Å²) in [4.78, 5) is 0. The number of nitrogens with zero attached hydrogens (tertiary/aromatic N) is 2. The van der Waals surface area contributed by atoms with Crippen LogP contribution < -0.4 is 0 Å². The van der Waals surface area contributed by atoms with E-state index in [1.807, 2.05) is 18.7 Å². The first kappa shape index (κ1) is 15.0. The van der Waals surface area contributed by atoms with Crippen LogP contribution >= 0.6 is 15.9 Å². The number of aryl methyl sites for hydroxylation is 2. The second-order valence-electron chi connectivity index (χ2n) is 5.21. The van der Waals surface area contributed by atoms with E-state index in [-0.39, 0.29) is 6.10 Å². The highest BCUT2D eigenvalue weighted by Gasteiger charge is 2.37. The van der Waals surface area contributed by atoms with E-state index in [0.29, 0.717) is 18.9 Å². The minimum absolute atomic E-state index is 0.0307. The van der Waals surface area contributed by atoms with E-state index in [0.717, 1.165) is 22.3 Å². The quantitative estimate of drug-likeness (QED) is 0.835. The third kappa shape index (κ3) is 3.38. The molecule has 4 nitrogen and oxygen atoms in total. The maximum absolute atomic E-state index is 10.4. The van der Waals surface area contributed by atoms with Crippen LogP contribution in [0.25, 0.3) is 0 Å². The molecule has 2 rings (SSSR count). The van der Waals surface area contributed by atoms with Gasteiger partial charge in [0.05, 0.1) is 28.1 Å². The van der Waals surface area contributed by atoms with Gasteiger partial charge in [0.1, 0.15) is 0 Å². The van der Waals surface area contributed by atoms with Gasteiger partial charge in [0.25, 0.3) is 0 Å². The van der Waals surface area contributed by atoms with Crippen molar-refractivity contribution in [2.45, 2.75) is 51.7 Å². The van der Waals surface area contributed by atoms with Crippen LogP contribution in [-0.2, 0) is 24.6 Å². The molecular formula is C14H23BrN2O2. The van der Waals surface area contributed by atoms with Gasteiger partial charge in [-0.25, -0.2) is 0 Å². The monoisotopic (exact) mass is 330 g/mol. The molecule has 108 valence electrons. The molecule has 1 aromatic rings. The molecule has 0 spiro atoms. The molecule has 1 heterocycles. The Morgan fingerprint density at radius 1 is 1.47 bits per heavy atom. The van der Waals surface area contributed by atoms with Crippen LogP contribution in [-0.4, -0.2) is 33.7 Å². The lowest BCUT2D eigenvalue weighted by molar-refractivity contribution is -0.0446. The third-order valence-electron chi connectivity index (χ3n) is 3.73. The molecule has 0 aromatic carbocycles. The summed E-state index contributed by atoms with van der Waals surface area (Å²) in [6.45, 7) is 4.72. The van der Waals surface area contributed by atoms with Gasteiger partial charge in [0, 0.05) is 20.1 Å². The number of hydrogen-bond donors (Lipinski definition) is 1. The predicted molar refractivity (Wildman–Crippen MR) is 78.1 cm³/mol. The van der Waals surface area contributed by atoms with Gasteiger partial charge in [-0.2, -0.15) is 5.10 Å². The Labute approximate surface area is 123 Å². The lowest BCUT2D eigenvalue weighted by atomic mass is 10.0. The summed E-state index contributed by atoms with van der Waals surface area (Å²) < 4.78 is 8.61. The molecular weight excluding hydrogens is 308 g/mol. The number of aromatic nitrogens is 2. The van der Waals surface area contributed by atoms with Crippen LogP contribution in [0.15, 0.2) is 4.47 Å². The zero-order valence-corrected chi connectivity index (χ0v) is 13.5. The van der Waals surface area contributed by atoms with Crippen molar-refractivity contribution in [1.29, 1.82) is 0 Å². The van der Waals surface area contributed by atoms with Crippen LogP contribution in [0.3, 0.4) is 0 Å². The van der Waals surface area contributed by atoms with E-state index < -0.39 is 6.10 Å². The van der Waals surface area contributed by atoms with E-state index in [4.69, 9.17) is 4.74 Å². The predicted octanol–water partition coefficient (Wildman–Crippen LogP) is 2.46. The largest absolute Gasteiger partial charge is 0.390 e. The summed E-state index contributed by atoms with van der Waals surface area (Å²) in [6.07, 6.45) is 3.34. The molecule has 0 bridgehead atoms. The van der Waals surface area contributed by atoms with Crippen LogP contribution in [0.1, 0.15) is 38.1 Å². The Morgan fingerprint density at radius 3 is 2.63 bits per heavy atom. The van der Waals surface area contributed by atoms with Gasteiger partial charge >= 0.3 is 0 Å². The van der Waals surface area contributed by atoms with E-state index in [2.05, 4.69) is 28.0 Å². The zero-order chi connectivity index (χ0) is 14.0. The van der Waals surface area contributed by atoms with Gasteiger partial charge in [-0.15, -0.1) is 0 Å². The molecule has 19 heavy (non-hydrogen) atoms. The molecule has 2 atom stereocenters. The van der Waals surface area contributed by atoms with E-state index in [9.17, 15) is 5.11 Å². The van der Waals surface area contributed by atoms with Gasteiger partial charge in [0.2, 0.25) is 0 Å². The smallest absolute Gasteiger partial charge is 0.0865 e. The van der Waals surface area contributed by atoms with Crippen molar-refractivity contribution in [3.05, 3.63) is 15.9 Å². The molecule has 1 aliphatic carbocycles. The second-order valence-corrected chi connectivity index (χ2v) is 6.01. The fourth-order valence-corrected chi connectivity index (χ4v) is 3.31. The van der Waals surface area contributed by atoms with Gasteiger partial charge in [-0.1, -0.05) is 6.92 Å². The summed E-state index contributed by atoms with van der Waals surface area (Å²) in [6, 6.07) is 0. The van der Waals surface area contributed by atoms with Crippen molar-refractivity contribution >= 4 is 15.9 Å². The molecule has 0 saturated heterocycles. The number of aliphatic hydroxyl groups excluding tert-OH is 1. The minimum Gasteiger partial charge on any atom is -0.390 e. The van der Waals surface area contributed by atoms with Crippen molar-refractivity contribution in [3.63, 3.8) is 0 Å². The number of aliphatic hydroxyl groups is 1. The van der Waals surface area contributed by atoms with Crippen LogP contribution in [0.4, 0.5) is 0 Å². The molecule has 0 aliphatic heterocycles. The summed E-state index contributed by atoms with van der Waals surface area (Å²) in [7, 11) is 1.93. The molecule has 1 fully saturated rings. The molecule has 0 amide bonds. The molecule has 1 N–H and O–H groups in total. The van der Waals surface area contributed by atoms with E-state index in [1.54, 1.807) is 0 Å². The van der Waals surface area contributed by atoms with Crippen LogP contribution in [0, 0.1) is 5.92 Å². The Bertz CT molecular complexity index is 429. The fraction of sp³-hybridized carbons (Fsp3) is 0.786. The van der Waals surface area contributed by atoms with Crippen molar-refractivity contribution < 1.29 is 9.84 Å². The van der Waals surface area contributed by atoms with Gasteiger partial charge < -0.3 is 9.84 Å². The van der Waals surface area contributed by atoms with Gasteiger partial charge in [-0.3, -0.25) is 4.68 Å². The number of rotatable bonds is 7. The van der Waals surface area contributed by atoms with Crippen molar-refractivity contribution in [3.8, 4) is 0 Å². The summed E-state index contributed by atoms with van der Waals surface area (Å²) in [5.41, 5.74) is 2.10. The van der Waals surface area contributed by atoms with Gasteiger partial charge in [-0.05, 0) is 48.0 Å². The Balaban J connectivity index is 2.08. The summed E-state index contributed by atoms with van der Waals surface area (Å²) in [5.74, 6) is 0.535. The Morgan fingerprint density at radius 2 is 2.16 bits per heavy atom. The average Bonchev–Trinajstić information content (AvgIpc) is 3.18. The maximum atomic E-state index is 10.4. The minimum atomic E-state index is -0.455. The highest BCUT2D eigenvalue weighted by atomic mass is 79.9. The second kappa shape index (κ2) is 6.37. The molecule has 5 heteroatoms. The number of hydrogen-bond acceptors (Lipinski definition) is 3. The highest BCUT2D eigenvalue weighted by molar-refractivity contribution is 9.10. The average molecular weight is 331 g/mol. The van der Waals surface area contributed by atoms with E-state index in [1.165, 1.54) is 12.8 Å². The van der Waals surface area contributed by atoms with Crippen molar-refractivity contribution in [2.75, 3.05) is 6.61 Å².